The van der Waals surface area contributed by atoms with Crippen LogP contribution in [0.1, 0.15) is 33.9 Å². The summed E-state index contributed by atoms with van der Waals surface area (Å²) in [6.07, 6.45) is 0. The van der Waals surface area contributed by atoms with E-state index < -0.39 is 5.92 Å². The minimum atomic E-state index is -0.455. The third-order valence-corrected chi connectivity index (χ3v) is 5.24. The predicted molar refractivity (Wildman–Crippen MR) is 110 cm³/mol. The Labute approximate surface area is 177 Å². The number of allylic oxidation sites excluding steroid dienone is 1. The number of nitrogens with zero attached hydrogens (tertiary/aromatic N) is 3. The molecule has 0 aliphatic carbocycles. The lowest BCUT2D eigenvalue weighted by atomic mass is 9.84. The Balaban J connectivity index is 1.66. The van der Waals surface area contributed by atoms with Crippen molar-refractivity contribution in [1.82, 2.24) is 10.2 Å². The smallest absolute Gasteiger partial charge is 0.244 e. The molecule has 8 heteroatoms. The van der Waals surface area contributed by atoms with Crippen LogP contribution in [-0.2, 0) is 6.61 Å². The van der Waals surface area contributed by atoms with Gasteiger partial charge in [-0.2, -0.15) is 10.5 Å². The molecule has 2 heterocycles. The number of ether oxygens (including phenoxy) is 2. The summed E-state index contributed by atoms with van der Waals surface area (Å²) in [7, 11) is 0. The number of aryl methyl sites for hydroxylation is 1. The van der Waals surface area contributed by atoms with Crippen LogP contribution in [0.2, 0.25) is 5.02 Å². The van der Waals surface area contributed by atoms with Gasteiger partial charge in [-0.15, -0.1) is 5.10 Å². The highest BCUT2D eigenvalue weighted by Gasteiger charge is 2.34. The maximum Gasteiger partial charge on any atom is 0.244 e. The molecule has 0 bridgehead atoms. The van der Waals surface area contributed by atoms with Gasteiger partial charge in [0, 0.05) is 16.8 Å². The molecule has 4 rings (SSSR count). The number of fused-ring (bicyclic) bond motifs is 1. The van der Waals surface area contributed by atoms with Crippen molar-refractivity contribution >= 4 is 11.6 Å². The summed E-state index contributed by atoms with van der Waals surface area (Å²) in [6, 6.07) is 16.8. The van der Waals surface area contributed by atoms with E-state index in [1.54, 1.807) is 24.3 Å². The van der Waals surface area contributed by atoms with Gasteiger partial charge in [0.15, 0.2) is 0 Å². The Bertz CT molecular complexity index is 1250. The van der Waals surface area contributed by atoms with Gasteiger partial charge in [0.25, 0.3) is 0 Å². The molecule has 7 nitrogen and oxygen atoms in total. The first kappa shape index (κ1) is 19.4. The van der Waals surface area contributed by atoms with Gasteiger partial charge in [0.05, 0.1) is 22.6 Å². The standard InChI is InChI=1S/C22H16ClN5O2/c1-12-19-20(16(10-25)21(26)30-22(19)28-27-12)13-6-7-18(17(23)8-13)29-11-15-5-3-2-4-14(15)9-24/h2-8,20H,11,26H2,1H3,(H,27,28)/t20-/m0/s1. The number of halogens is 1. The first-order valence-corrected chi connectivity index (χ1v) is 9.44. The molecule has 1 aliphatic heterocycles. The fourth-order valence-corrected chi connectivity index (χ4v) is 3.70. The average molecular weight is 418 g/mol. The van der Waals surface area contributed by atoms with E-state index in [0.29, 0.717) is 27.8 Å². The Morgan fingerprint density at radius 2 is 2.03 bits per heavy atom. The summed E-state index contributed by atoms with van der Waals surface area (Å²) in [5.74, 6) is 0.382. The number of aromatic amines is 1. The number of aromatic nitrogens is 2. The summed E-state index contributed by atoms with van der Waals surface area (Å²) in [6.45, 7) is 2.06. The number of nitrogens with two attached hydrogens (primary N) is 1. The first-order chi connectivity index (χ1) is 14.5. The molecule has 0 fully saturated rings. The summed E-state index contributed by atoms with van der Waals surface area (Å²) in [5.41, 5.74) is 9.84. The zero-order valence-electron chi connectivity index (χ0n) is 15.9. The zero-order chi connectivity index (χ0) is 21.3. The second-order valence-corrected chi connectivity index (χ2v) is 7.15. The highest BCUT2D eigenvalue weighted by molar-refractivity contribution is 6.32. The number of hydrogen-bond donors (Lipinski definition) is 2. The molecule has 3 aromatic rings. The van der Waals surface area contributed by atoms with Crippen LogP contribution in [0.15, 0.2) is 53.9 Å². The van der Waals surface area contributed by atoms with Crippen LogP contribution in [0, 0.1) is 29.6 Å². The van der Waals surface area contributed by atoms with Gasteiger partial charge in [-0.25, -0.2) is 0 Å². The monoisotopic (exact) mass is 417 g/mol. The molecule has 1 atom stereocenters. The molecule has 0 saturated carbocycles. The SMILES string of the molecule is Cc1[nH]nc2c1[C@@H](c1ccc(OCc3ccccc3C#N)c(Cl)c1)C(C#N)=C(N)O2. The molecule has 0 radical (unpaired) electrons. The summed E-state index contributed by atoms with van der Waals surface area (Å²) < 4.78 is 11.3. The third kappa shape index (κ3) is 3.32. The van der Waals surface area contributed by atoms with Gasteiger partial charge in [0.2, 0.25) is 11.8 Å². The van der Waals surface area contributed by atoms with Gasteiger partial charge >= 0.3 is 0 Å². The number of H-pyrrole nitrogens is 1. The van der Waals surface area contributed by atoms with Crippen LogP contribution in [0.25, 0.3) is 0 Å². The normalized spacial score (nSPS) is 15.0. The van der Waals surface area contributed by atoms with E-state index >= 15 is 0 Å². The predicted octanol–water partition coefficient (Wildman–Crippen LogP) is 4.04. The number of hydrogen-bond acceptors (Lipinski definition) is 6. The van der Waals surface area contributed by atoms with E-state index in [4.69, 9.17) is 26.8 Å². The summed E-state index contributed by atoms with van der Waals surface area (Å²) >= 11 is 6.48. The number of rotatable bonds is 4. The minimum Gasteiger partial charge on any atom is -0.487 e. The van der Waals surface area contributed by atoms with Crippen LogP contribution in [0.4, 0.5) is 0 Å². The second kappa shape index (κ2) is 7.82. The van der Waals surface area contributed by atoms with Crippen molar-refractivity contribution < 1.29 is 9.47 Å². The molecular formula is C22H16ClN5O2. The van der Waals surface area contributed by atoms with Crippen LogP contribution in [0.5, 0.6) is 11.6 Å². The third-order valence-electron chi connectivity index (χ3n) is 4.94. The Morgan fingerprint density at radius 1 is 1.23 bits per heavy atom. The average Bonchev–Trinajstić information content (AvgIpc) is 3.12. The lowest BCUT2D eigenvalue weighted by Gasteiger charge is -2.24. The van der Waals surface area contributed by atoms with Gasteiger partial charge < -0.3 is 15.2 Å². The van der Waals surface area contributed by atoms with Crippen LogP contribution in [0.3, 0.4) is 0 Å². The summed E-state index contributed by atoms with van der Waals surface area (Å²) in [4.78, 5) is 0. The Morgan fingerprint density at radius 3 is 2.77 bits per heavy atom. The minimum absolute atomic E-state index is 0.0195. The van der Waals surface area contributed by atoms with E-state index in [1.807, 2.05) is 25.1 Å². The molecule has 1 aliphatic rings. The fourth-order valence-electron chi connectivity index (χ4n) is 3.46. The van der Waals surface area contributed by atoms with Gasteiger partial charge in [-0.1, -0.05) is 35.9 Å². The fraction of sp³-hybridized carbons (Fsp3) is 0.136. The van der Waals surface area contributed by atoms with Crippen molar-refractivity contribution in [2.24, 2.45) is 5.73 Å². The molecule has 0 unspecified atom stereocenters. The van der Waals surface area contributed by atoms with Crippen molar-refractivity contribution in [2.75, 3.05) is 0 Å². The van der Waals surface area contributed by atoms with E-state index in [1.165, 1.54) is 0 Å². The maximum atomic E-state index is 9.65. The number of nitriles is 2. The number of nitrogens with one attached hydrogen (secondary N) is 1. The molecule has 1 aromatic heterocycles. The largest absolute Gasteiger partial charge is 0.487 e. The maximum absolute atomic E-state index is 9.65. The topological polar surface area (TPSA) is 121 Å². The lowest BCUT2D eigenvalue weighted by molar-refractivity contribution is 0.306. The second-order valence-electron chi connectivity index (χ2n) is 6.74. The Hall–Kier alpha value is -3.94. The zero-order valence-corrected chi connectivity index (χ0v) is 16.7. The molecule has 0 saturated heterocycles. The first-order valence-electron chi connectivity index (χ1n) is 9.06. The van der Waals surface area contributed by atoms with Gasteiger partial charge in [-0.05, 0) is 30.7 Å². The molecule has 0 amide bonds. The highest BCUT2D eigenvalue weighted by Crippen LogP contribution is 2.43. The van der Waals surface area contributed by atoms with Crippen molar-refractivity contribution in [3.05, 3.63) is 86.9 Å². The quantitative estimate of drug-likeness (QED) is 0.660. The van der Waals surface area contributed by atoms with E-state index in [0.717, 1.165) is 22.4 Å². The number of benzene rings is 2. The van der Waals surface area contributed by atoms with E-state index in [2.05, 4.69) is 22.3 Å². The molecule has 30 heavy (non-hydrogen) atoms. The van der Waals surface area contributed by atoms with Crippen molar-refractivity contribution in [3.63, 3.8) is 0 Å². The van der Waals surface area contributed by atoms with Crippen molar-refractivity contribution in [1.29, 1.82) is 10.5 Å². The van der Waals surface area contributed by atoms with Crippen LogP contribution in [-0.4, -0.2) is 10.2 Å². The van der Waals surface area contributed by atoms with Crippen molar-refractivity contribution in [3.8, 4) is 23.8 Å². The highest BCUT2D eigenvalue weighted by atomic mass is 35.5. The summed E-state index contributed by atoms with van der Waals surface area (Å²) in [5, 5.41) is 26.2. The Kier molecular flexibility index (Phi) is 5.05. The van der Waals surface area contributed by atoms with Gasteiger partial charge in [0.1, 0.15) is 24.0 Å². The molecule has 2 aromatic carbocycles. The van der Waals surface area contributed by atoms with E-state index in [-0.39, 0.29) is 12.5 Å². The molecule has 0 spiro atoms. The van der Waals surface area contributed by atoms with Crippen LogP contribution >= 0.6 is 11.6 Å². The molecule has 3 N–H and O–H groups in total. The van der Waals surface area contributed by atoms with Crippen molar-refractivity contribution in [2.45, 2.75) is 19.4 Å². The van der Waals surface area contributed by atoms with Crippen LogP contribution < -0.4 is 15.2 Å². The van der Waals surface area contributed by atoms with E-state index in [9.17, 15) is 10.5 Å². The lowest BCUT2D eigenvalue weighted by Crippen LogP contribution is -2.21. The molecular weight excluding hydrogens is 402 g/mol. The molecule has 148 valence electrons. The van der Waals surface area contributed by atoms with Gasteiger partial charge in [-0.3, -0.25) is 5.10 Å².